The molecule has 0 unspecified atom stereocenters. The Bertz CT molecular complexity index is 540. The van der Waals surface area contributed by atoms with E-state index in [4.69, 9.17) is 6.57 Å². The first kappa shape index (κ1) is 18.4. The number of nitrogens with one attached hydrogen (secondary N) is 1. The van der Waals surface area contributed by atoms with Gasteiger partial charge in [0, 0.05) is 11.3 Å². The van der Waals surface area contributed by atoms with Crippen molar-refractivity contribution in [1.82, 2.24) is 0 Å². The molecule has 2 aromatic rings. The molecule has 110 valence electrons. The first-order chi connectivity index (χ1) is 10.4. The molecule has 0 aliphatic rings. The third-order valence-electron chi connectivity index (χ3n) is 2.23. The zero-order valence-electron chi connectivity index (χ0n) is 13.2. The van der Waals surface area contributed by atoms with Gasteiger partial charge >= 0.3 is 0 Å². The fraction of sp³-hybridized carbons (Fsp3) is 0.222. The van der Waals surface area contributed by atoms with E-state index in [1.807, 2.05) is 88.4 Å². The summed E-state index contributed by atoms with van der Waals surface area (Å²) < 4.78 is 0. The summed E-state index contributed by atoms with van der Waals surface area (Å²) in [5.74, 6) is 0.562. The molecule has 0 radical (unpaired) electrons. The maximum atomic E-state index is 6.85. The number of nitrogens with zero attached hydrogens (tertiary/aromatic N) is 2. The van der Waals surface area contributed by atoms with E-state index < -0.39 is 0 Å². The van der Waals surface area contributed by atoms with Gasteiger partial charge in [-0.25, -0.2) is 0 Å². The molecular formula is C18H23N3. The number of anilines is 1. The van der Waals surface area contributed by atoms with E-state index in [-0.39, 0.29) is 0 Å². The topological polar surface area (TPSA) is 28.8 Å². The highest BCUT2D eigenvalue weighted by Crippen LogP contribution is 2.09. The molecule has 2 rings (SSSR count). The van der Waals surface area contributed by atoms with Crippen molar-refractivity contribution in [3.8, 4) is 0 Å². The van der Waals surface area contributed by atoms with Crippen molar-refractivity contribution in [2.45, 2.75) is 27.7 Å². The summed E-state index contributed by atoms with van der Waals surface area (Å²) >= 11 is 0. The molecule has 21 heavy (non-hydrogen) atoms. The van der Waals surface area contributed by atoms with Crippen molar-refractivity contribution in [2.24, 2.45) is 5.10 Å². The summed E-state index contributed by atoms with van der Waals surface area (Å²) in [7, 11) is 0. The Kier molecular flexibility index (Phi) is 10.9. The Hall–Kier alpha value is -2.60. The third-order valence-corrected chi connectivity index (χ3v) is 2.23. The minimum Gasteiger partial charge on any atom is -0.334 e. The molecule has 0 bridgehead atoms. The maximum Gasteiger partial charge on any atom is 0.221 e. The average Bonchev–Trinajstić information content (AvgIpc) is 2.60. The van der Waals surface area contributed by atoms with E-state index in [1.54, 1.807) is 0 Å². The molecule has 0 atom stereocenters. The number of benzene rings is 2. The quantitative estimate of drug-likeness (QED) is 0.338. The summed E-state index contributed by atoms with van der Waals surface area (Å²) in [5.41, 5.74) is 1.81. The van der Waals surface area contributed by atoms with Gasteiger partial charge in [-0.3, -0.25) is 0 Å². The maximum absolute atomic E-state index is 6.85. The summed E-state index contributed by atoms with van der Waals surface area (Å²) in [5, 5.41) is 6.92. The second-order valence-electron chi connectivity index (χ2n) is 3.41. The van der Waals surface area contributed by atoms with Gasteiger partial charge in [-0.2, -0.15) is 6.57 Å². The minimum absolute atomic E-state index is 0.562. The van der Waals surface area contributed by atoms with Crippen LogP contribution in [0, 0.1) is 6.57 Å². The predicted octanol–water partition coefficient (Wildman–Crippen LogP) is 5.43. The van der Waals surface area contributed by atoms with E-state index in [0.717, 1.165) is 11.3 Å². The zero-order chi connectivity index (χ0) is 15.9. The zero-order valence-corrected chi connectivity index (χ0v) is 13.2. The minimum atomic E-state index is 0.562. The Balaban J connectivity index is 0.000000921. The van der Waals surface area contributed by atoms with Crippen LogP contribution in [0.15, 0.2) is 65.8 Å². The first-order valence-electron chi connectivity index (χ1n) is 7.22. The number of amidine groups is 1. The second kappa shape index (κ2) is 12.4. The van der Waals surface area contributed by atoms with Gasteiger partial charge in [0.25, 0.3) is 0 Å². The Labute approximate surface area is 128 Å². The van der Waals surface area contributed by atoms with E-state index >= 15 is 0 Å². The summed E-state index contributed by atoms with van der Waals surface area (Å²) in [6.07, 6.45) is 0. The van der Waals surface area contributed by atoms with Crippen LogP contribution in [0.4, 0.5) is 5.69 Å². The highest BCUT2D eigenvalue weighted by Gasteiger charge is 2.05. The Morgan fingerprint density at radius 2 is 1.33 bits per heavy atom. The van der Waals surface area contributed by atoms with Crippen LogP contribution in [-0.4, -0.2) is 5.84 Å². The van der Waals surface area contributed by atoms with Crippen molar-refractivity contribution in [3.05, 3.63) is 77.8 Å². The third kappa shape index (κ3) is 6.93. The van der Waals surface area contributed by atoms with Gasteiger partial charge in [0.05, 0.1) is 0 Å². The summed E-state index contributed by atoms with van der Waals surface area (Å²) in [6.45, 7) is 14.8. The molecule has 0 aliphatic heterocycles. The summed E-state index contributed by atoms with van der Waals surface area (Å²) in [4.78, 5) is 3.08. The molecule has 3 heteroatoms. The predicted molar refractivity (Wildman–Crippen MR) is 92.3 cm³/mol. The lowest BCUT2D eigenvalue weighted by molar-refractivity contribution is 1.48. The van der Waals surface area contributed by atoms with Gasteiger partial charge in [0.15, 0.2) is 0 Å². The highest BCUT2D eigenvalue weighted by atomic mass is 15.2. The van der Waals surface area contributed by atoms with Gasteiger partial charge in [-0.05, 0) is 12.1 Å². The fourth-order valence-electron chi connectivity index (χ4n) is 1.46. The van der Waals surface area contributed by atoms with Gasteiger partial charge in [0.2, 0.25) is 5.84 Å². The first-order valence-corrected chi connectivity index (χ1v) is 7.22. The lowest BCUT2D eigenvalue weighted by atomic mass is 10.2. The molecule has 2 aromatic carbocycles. The van der Waals surface area contributed by atoms with E-state index in [9.17, 15) is 0 Å². The van der Waals surface area contributed by atoms with E-state index in [1.165, 1.54) is 0 Å². The van der Waals surface area contributed by atoms with Crippen LogP contribution < -0.4 is 5.32 Å². The molecule has 0 saturated carbocycles. The monoisotopic (exact) mass is 281 g/mol. The van der Waals surface area contributed by atoms with Crippen LogP contribution in [0.2, 0.25) is 0 Å². The number of para-hydroxylation sites is 1. The molecular weight excluding hydrogens is 258 g/mol. The molecule has 0 amide bonds. The number of rotatable bonds is 2. The van der Waals surface area contributed by atoms with Gasteiger partial charge in [0.1, 0.15) is 5.10 Å². The molecule has 0 aromatic heterocycles. The van der Waals surface area contributed by atoms with Crippen LogP contribution >= 0.6 is 0 Å². The van der Waals surface area contributed by atoms with Crippen LogP contribution in [0.1, 0.15) is 33.3 Å². The van der Waals surface area contributed by atoms with Crippen molar-refractivity contribution < 1.29 is 0 Å². The molecule has 0 heterocycles. The fourth-order valence-corrected chi connectivity index (χ4v) is 1.46. The normalized spacial score (nSPS) is 9.19. The van der Waals surface area contributed by atoms with Crippen molar-refractivity contribution in [1.29, 1.82) is 0 Å². The van der Waals surface area contributed by atoms with Crippen molar-refractivity contribution >= 4 is 11.5 Å². The Morgan fingerprint density at radius 1 is 0.857 bits per heavy atom. The van der Waals surface area contributed by atoms with Gasteiger partial charge < -0.3 is 5.32 Å². The standard InChI is InChI=1S/C14H11N3.2C2H6/c1-15-17-14(12-8-4-2-5-9-12)16-13-10-6-3-7-11-13;2*1-2/h2-11H,(H,16,17);2*1-2H3. The van der Waals surface area contributed by atoms with Crippen LogP contribution in [0.25, 0.3) is 4.95 Å². The molecule has 3 nitrogen and oxygen atoms in total. The van der Waals surface area contributed by atoms with Gasteiger partial charge in [-0.1, -0.05) is 76.2 Å². The lowest BCUT2D eigenvalue weighted by Crippen LogP contribution is -2.12. The van der Waals surface area contributed by atoms with Crippen molar-refractivity contribution in [3.63, 3.8) is 0 Å². The number of hydrogen-bond acceptors (Lipinski definition) is 1. The van der Waals surface area contributed by atoms with Crippen molar-refractivity contribution in [2.75, 3.05) is 5.32 Å². The van der Waals surface area contributed by atoms with Gasteiger partial charge in [-0.15, -0.1) is 4.95 Å². The van der Waals surface area contributed by atoms with E-state index in [0.29, 0.717) is 5.84 Å². The second-order valence-corrected chi connectivity index (χ2v) is 3.41. The SMILES string of the molecule is CC.CC.[C-]#[N+]/N=C(\Nc1ccccc1)c1ccccc1. The van der Waals surface area contributed by atoms with Crippen LogP contribution in [0.5, 0.6) is 0 Å². The summed E-state index contributed by atoms with van der Waals surface area (Å²) in [6, 6.07) is 19.3. The smallest absolute Gasteiger partial charge is 0.221 e. The molecule has 0 fully saturated rings. The molecule has 1 N–H and O–H groups in total. The lowest BCUT2D eigenvalue weighted by Gasteiger charge is -2.05. The van der Waals surface area contributed by atoms with Crippen LogP contribution in [0.3, 0.4) is 0 Å². The molecule has 0 spiro atoms. The Morgan fingerprint density at radius 3 is 1.81 bits per heavy atom. The van der Waals surface area contributed by atoms with E-state index in [2.05, 4.69) is 15.4 Å². The largest absolute Gasteiger partial charge is 0.334 e. The average molecular weight is 281 g/mol. The van der Waals surface area contributed by atoms with Crippen LogP contribution in [-0.2, 0) is 0 Å². The molecule has 0 saturated heterocycles. The number of hydrogen-bond donors (Lipinski definition) is 1. The highest BCUT2D eigenvalue weighted by molar-refractivity contribution is 6.08. The molecule has 0 aliphatic carbocycles.